The number of benzene rings is 2. The Morgan fingerprint density at radius 1 is 0.939 bits per heavy atom. The molecule has 168 valence electrons. The molecule has 3 aromatic rings. The van der Waals surface area contributed by atoms with Crippen molar-refractivity contribution in [1.82, 2.24) is 19.8 Å². The molecule has 1 fully saturated rings. The minimum Gasteiger partial charge on any atom is -0.497 e. The van der Waals surface area contributed by atoms with Gasteiger partial charge in [0, 0.05) is 50.0 Å². The zero-order valence-electron chi connectivity index (χ0n) is 18.8. The summed E-state index contributed by atoms with van der Waals surface area (Å²) < 4.78 is 5.34. The fourth-order valence-electron chi connectivity index (χ4n) is 4.96. The van der Waals surface area contributed by atoms with Gasteiger partial charge < -0.3 is 4.74 Å². The van der Waals surface area contributed by atoms with Crippen molar-refractivity contribution in [3.8, 4) is 5.75 Å². The minimum absolute atomic E-state index is 0.204. The Balaban J connectivity index is 1.45. The van der Waals surface area contributed by atoms with Crippen molar-refractivity contribution >= 4 is 11.6 Å². The lowest BCUT2D eigenvalue weighted by Crippen LogP contribution is -2.60. The number of nitrogens with zero attached hydrogens (tertiary/aromatic N) is 4. The van der Waals surface area contributed by atoms with Gasteiger partial charge in [-0.25, -0.2) is 0 Å². The molecule has 2 heterocycles. The number of hydrogen-bond acceptors (Lipinski definition) is 7. The van der Waals surface area contributed by atoms with Crippen LogP contribution in [0.1, 0.15) is 37.7 Å². The molecular weight excluding hydrogens is 416 g/mol. The number of fused-ring (bicyclic) bond motifs is 1. The molecule has 0 saturated carbocycles. The molecule has 0 radical (unpaired) electrons. The number of aromatic nitrogens is 2. The number of carbonyl (C=O) groups is 2. The zero-order chi connectivity index (χ0) is 23.0. The smallest absolute Gasteiger partial charge is 0.198 e. The van der Waals surface area contributed by atoms with Gasteiger partial charge in [0.15, 0.2) is 17.1 Å². The van der Waals surface area contributed by atoms with Crippen molar-refractivity contribution in [1.29, 1.82) is 0 Å². The van der Waals surface area contributed by atoms with Crippen LogP contribution in [-0.4, -0.2) is 64.6 Å². The van der Waals surface area contributed by atoms with Crippen molar-refractivity contribution in [2.45, 2.75) is 19.0 Å². The molecule has 7 nitrogen and oxygen atoms in total. The summed E-state index contributed by atoms with van der Waals surface area (Å²) in [6.45, 7) is 5.22. The number of methoxy groups -OCH3 is 1. The Morgan fingerprint density at radius 2 is 1.64 bits per heavy atom. The van der Waals surface area contributed by atoms with Crippen molar-refractivity contribution in [3.05, 3.63) is 89.0 Å². The molecule has 1 aliphatic carbocycles. The number of aryl methyl sites for hydroxylation is 1. The zero-order valence-corrected chi connectivity index (χ0v) is 18.8. The van der Waals surface area contributed by atoms with E-state index >= 15 is 0 Å². The van der Waals surface area contributed by atoms with E-state index in [2.05, 4.69) is 20.9 Å². The summed E-state index contributed by atoms with van der Waals surface area (Å²) in [5.41, 5.74) is 1.73. The van der Waals surface area contributed by atoms with E-state index in [0.29, 0.717) is 35.6 Å². The lowest BCUT2D eigenvalue weighted by atomic mass is 9.86. The van der Waals surface area contributed by atoms with Gasteiger partial charge in [0.2, 0.25) is 0 Å². The van der Waals surface area contributed by atoms with Gasteiger partial charge in [-0.2, -0.15) is 0 Å². The third kappa shape index (κ3) is 3.53. The molecule has 0 bridgehead atoms. The predicted molar refractivity (Wildman–Crippen MR) is 123 cm³/mol. The standard InChI is InChI=1S/C26H26N4O3/c1-18-15-27-16-23(28-18)26(24(31)21-8-3-4-9-22(21)25(26)32)30-12-10-29(11-13-30)17-19-6-5-7-20(14-19)33-2/h3-9,14-16H,10-13,17H2,1-2H3. The third-order valence-corrected chi connectivity index (χ3v) is 6.59. The Hall–Kier alpha value is -3.42. The van der Waals surface area contributed by atoms with E-state index in [1.54, 1.807) is 43.8 Å². The molecule has 0 unspecified atom stereocenters. The van der Waals surface area contributed by atoms with E-state index in [0.717, 1.165) is 25.4 Å². The highest BCUT2D eigenvalue weighted by Crippen LogP contribution is 2.42. The summed E-state index contributed by atoms with van der Waals surface area (Å²) in [7, 11) is 1.67. The van der Waals surface area contributed by atoms with E-state index in [4.69, 9.17) is 4.74 Å². The largest absolute Gasteiger partial charge is 0.497 e. The second-order valence-corrected chi connectivity index (χ2v) is 8.57. The van der Waals surface area contributed by atoms with Crippen molar-refractivity contribution in [2.24, 2.45) is 0 Å². The molecule has 0 atom stereocenters. The number of ether oxygens (including phenoxy) is 1. The molecule has 0 amide bonds. The predicted octanol–water partition coefficient (Wildman–Crippen LogP) is 2.89. The quantitative estimate of drug-likeness (QED) is 0.563. The van der Waals surface area contributed by atoms with E-state index in [1.165, 1.54) is 5.56 Å². The molecule has 1 aliphatic heterocycles. The maximum atomic E-state index is 13.8. The maximum Gasteiger partial charge on any atom is 0.198 e. The number of rotatable bonds is 5. The Labute approximate surface area is 193 Å². The SMILES string of the molecule is COc1cccc(CN2CCN(C3(c4cncc(C)n4)C(=O)c4ccccc4C3=O)CC2)c1. The minimum atomic E-state index is -1.45. The highest BCUT2D eigenvalue weighted by Gasteiger charge is 2.59. The van der Waals surface area contributed by atoms with Crippen LogP contribution in [0.25, 0.3) is 0 Å². The first-order valence-corrected chi connectivity index (χ1v) is 11.1. The van der Waals surface area contributed by atoms with Gasteiger partial charge in [0.05, 0.1) is 24.7 Å². The molecule has 2 aromatic carbocycles. The second kappa shape index (κ2) is 8.50. The fourth-order valence-corrected chi connectivity index (χ4v) is 4.96. The molecule has 1 aromatic heterocycles. The first kappa shape index (κ1) is 21.4. The lowest BCUT2D eigenvalue weighted by molar-refractivity contribution is 0.0265. The number of hydrogen-bond donors (Lipinski definition) is 0. The van der Waals surface area contributed by atoms with Crippen molar-refractivity contribution in [3.63, 3.8) is 0 Å². The summed E-state index contributed by atoms with van der Waals surface area (Å²) in [5, 5.41) is 0. The Kier molecular flexibility index (Phi) is 5.52. The van der Waals surface area contributed by atoms with E-state index in [1.807, 2.05) is 30.0 Å². The van der Waals surface area contributed by atoms with Gasteiger partial charge in [-0.15, -0.1) is 0 Å². The topological polar surface area (TPSA) is 75.6 Å². The monoisotopic (exact) mass is 442 g/mol. The fraction of sp³-hybridized carbons (Fsp3) is 0.308. The second-order valence-electron chi connectivity index (χ2n) is 8.57. The molecule has 0 spiro atoms. The van der Waals surface area contributed by atoms with Crippen LogP contribution < -0.4 is 4.74 Å². The average Bonchev–Trinajstić information content (AvgIpc) is 3.07. The van der Waals surface area contributed by atoms with Gasteiger partial charge in [-0.05, 0) is 24.6 Å². The van der Waals surface area contributed by atoms with E-state index in [-0.39, 0.29) is 11.6 Å². The van der Waals surface area contributed by atoms with Crippen LogP contribution in [0.4, 0.5) is 0 Å². The van der Waals surface area contributed by atoms with E-state index < -0.39 is 5.54 Å². The Bertz CT molecular complexity index is 1180. The van der Waals surface area contributed by atoms with Crippen LogP contribution >= 0.6 is 0 Å². The van der Waals surface area contributed by atoms with Crippen LogP contribution in [0.3, 0.4) is 0 Å². The van der Waals surface area contributed by atoms with Gasteiger partial charge in [-0.3, -0.25) is 29.4 Å². The highest BCUT2D eigenvalue weighted by atomic mass is 16.5. The molecule has 5 rings (SSSR count). The normalized spacial score (nSPS) is 18.4. The van der Waals surface area contributed by atoms with Crippen LogP contribution in [0.15, 0.2) is 60.9 Å². The average molecular weight is 443 g/mol. The van der Waals surface area contributed by atoms with Crippen LogP contribution in [0, 0.1) is 6.92 Å². The first-order chi connectivity index (χ1) is 16.0. The van der Waals surface area contributed by atoms with Gasteiger partial charge >= 0.3 is 0 Å². The summed E-state index contributed by atoms with van der Waals surface area (Å²) in [5.74, 6) is 0.427. The summed E-state index contributed by atoms with van der Waals surface area (Å²) in [6.07, 6.45) is 3.21. The first-order valence-electron chi connectivity index (χ1n) is 11.1. The molecular formula is C26H26N4O3. The number of carbonyl (C=O) groups excluding carboxylic acids is 2. The summed E-state index contributed by atoms with van der Waals surface area (Å²) in [6, 6.07) is 15.1. The summed E-state index contributed by atoms with van der Waals surface area (Å²) in [4.78, 5) is 40.9. The number of piperazine rings is 1. The van der Waals surface area contributed by atoms with Gasteiger partial charge in [0.25, 0.3) is 0 Å². The molecule has 2 aliphatic rings. The third-order valence-electron chi connectivity index (χ3n) is 6.59. The Morgan fingerprint density at radius 3 is 2.27 bits per heavy atom. The maximum absolute atomic E-state index is 13.8. The van der Waals surface area contributed by atoms with Gasteiger partial charge in [0.1, 0.15) is 5.75 Å². The molecule has 0 N–H and O–H groups in total. The van der Waals surface area contributed by atoms with Crippen molar-refractivity contribution in [2.75, 3.05) is 33.3 Å². The molecule has 7 heteroatoms. The van der Waals surface area contributed by atoms with Crippen LogP contribution in [0.2, 0.25) is 0 Å². The summed E-state index contributed by atoms with van der Waals surface area (Å²) >= 11 is 0. The van der Waals surface area contributed by atoms with Crippen LogP contribution in [0.5, 0.6) is 5.75 Å². The molecule has 33 heavy (non-hydrogen) atoms. The van der Waals surface area contributed by atoms with Crippen molar-refractivity contribution < 1.29 is 14.3 Å². The number of Topliss-reactive ketones (excluding diaryl/α,β-unsaturated/α-hetero) is 2. The highest BCUT2D eigenvalue weighted by molar-refractivity contribution is 6.32. The van der Waals surface area contributed by atoms with E-state index in [9.17, 15) is 9.59 Å². The van der Waals surface area contributed by atoms with Gasteiger partial charge in [-0.1, -0.05) is 36.4 Å². The lowest BCUT2D eigenvalue weighted by Gasteiger charge is -2.43. The van der Waals surface area contributed by atoms with Crippen LogP contribution in [-0.2, 0) is 12.1 Å². The number of ketones is 2. The molecule has 1 saturated heterocycles.